The second-order valence-corrected chi connectivity index (χ2v) is 7.45. The van der Waals surface area contributed by atoms with Gasteiger partial charge in [-0.1, -0.05) is 24.3 Å². The van der Waals surface area contributed by atoms with Crippen LogP contribution in [0.1, 0.15) is 28.3 Å². The van der Waals surface area contributed by atoms with E-state index in [1.165, 1.54) is 23.5 Å². The Morgan fingerprint density at radius 2 is 1.75 bits per heavy atom. The van der Waals surface area contributed by atoms with Crippen LogP contribution in [-0.2, 0) is 11.0 Å². The summed E-state index contributed by atoms with van der Waals surface area (Å²) in [4.78, 5) is 13.3. The monoisotopic (exact) mass is 403 g/mol. The molecule has 0 saturated carbocycles. The fourth-order valence-electron chi connectivity index (χ4n) is 3.38. The summed E-state index contributed by atoms with van der Waals surface area (Å²) in [6.45, 7) is 0. The van der Waals surface area contributed by atoms with Gasteiger partial charge in [-0.05, 0) is 35.4 Å². The van der Waals surface area contributed by atoms with E-state index in [4.69, 9.17) is 4.74 Å². The minimum atomic E-state index is -4.38. The van der Waals surface area contributed by atoms with Crippen molar-refractivity contribution >= 4 is 22.9 Å². The van der Waals surface area contributed by atoms with E-state index < -0.39 is 11.7 Å². The number of fused-ring (bicyclic) bond motifs is 1. The number of rotatable bonds is 3. The molecule has 2 heterocycles. The van der Waals surface area contributed by atoms with E-state index in [9.17, 15) is 18.0 Å². The maximum Gasteiger partial charge on any atom is 0.416 e. The lowest BCUT2D eigenvalue weighted by Crippen LogP contribution is -2.22. The van der Waals surface area contributed by atoms with E-state index in [0.717, 1.165) is 39.6 Å². The summed E-state index contributed by atoms with van der Waals surface area (Å²) in [5, 5.41) is 4.90. The van der Waals surface area contributed by atoms with Gasteiger partial charge < -0.3 is 10.1 Å². The zero-order valence-electron chi connectivity index (χ0n) is 14.8. The van der Waals surface area contributed by atoms with Gasteiger partial charge in [0.25, 0.3) is 0 Å². The molecule has 1 N–H and O–H groups in total. The first-order valence-electron chi connectivity index (χ1n) is 8.59. The Morgan fingerprint density at radius 3 is 2.36 bits per heavy atom. The van der Waals surface area contributed by atoms with Gasteiger partial charge in [0.2, 0.25) is 5.91 Å². The number of methoxy groups -OCH3 is 1. The summed E-state index contributed by atoms with van der Waals surface area (Å²) in [7, 11) is 1.59. The summed E-state index contributed by atoms with van der Waals surface area (Å²) < 4.78 is 43.7. The summed E-state index contributed by atoms with van der Waals surface area (Å²) in [6.07, 6.45) is -4.17. The lowest BCUT2D eigenvalue weighted by molar-refractivity contribution is -0.137. The molecule has 3 nitrogen and oxygen atoms in total. The van der Waals surface area contributed by atoms with Gasteiger partial charge in [0.05, 0.1) is 18.4 Å². The Labute approximate surface area is 163 Å². The van der Waals surface area contributed by atoms with Gasteiger partial charge in [-0.15, -0.1) is 11.3 Å². The van der Waals surface area contributed by atoms with Gasteiger partial charge in [0, 0.05) is 28.2 Å². The lowest BCUT2D eigenvalue weighted by Gasteiger charge is -2.24. The number of halogens is 3. The smallest absolute Gasteiger partial charge is 0.416 e. The number of benzene rings is 2. The van der Waals surface area contributed by atoms with Gasteiger partial charge in [-0.2, -0.15) is 13.2 Å². The van der Waals surface area contributed by atoms with Crippen molar-refractivity contribution in [1.29, 1.82) is 0 Å². The number of thiophene rings is 1. The fourth-order valence-corrected chi connectivity index (χ4v) is 4.54. The molecule has 0 aliphatic carbocycles. The number of nitrogens with one attached hydrogen (secondary N) is 1. The number of carbonyl (C=O) groups excluding carboxylic acids is 1. The number of hydrogen-bond acceptors (Lipinski definition) is 3. The molecule has 0 fully saturated rings. The molecule has 0 radical (unpaired) electrons. The van der Waals surface area contributed by atoms with Gasteiger partial charge in [0.15, 0.2) is 0 Å². The molecule has 28 heavy (non-hydrogen) atoms. The van der Waals surface area contributed by atoms with E-state index in [1.807, 2.05) is 29.6 Å². The van der Waals surface area contributed by atoms with E-state index in [1.54, 1.807) is 7.11 Å². The predicted molar refractivity (Wildman–Crippen MR) is 103 cm³/mol. The van der Waals surface area contributed by atoms with Crippen molar-refractivity contribution in [3.05, 3.63) is 69.9 Å². The number of ether oxygens (including phenoxy) is 1. The van der Waals surface area contributed by atoms with Crippen molar-refractivity contribution in [3.63, 3.8) is 0 Å². The first kappa shape index (κ1) is 18.6. The van der Waals surface area contributed by atoms with Crippen molar-refractivity contribution in [1.82, 2.24) is 0 Å². The minimum Gasteiger partial charge on any atom is -0.497 e. The van der Waals surface area contributed by atoms with Crippen LogP contribution >= 0.6 is 11.3 Å². The molecular formula is C21H16F3NO2S. The maximum atomic E-state index is 12.8. The van der Waals surface area contributed by atoms with Gasteiger partial charge in [-0.3, -0.25) is 4.79 Å². The largest absolute Gasteiger partial charge is 0.497 e. The van der Waals surface area contributed by atoms with Gasteiger partial charge >= 0.3 is 6.18 Å². The number of amides is 1. The third-order valence-electron chi connectivity index (χ3n) is 4.83. The molecular weight excluding hydrogens is 387 g/mol. The molecule has 7 heteroatoms. The molecule has 2 aromatic carbocycles. The van der Waals surface area contributed by atoms with Crippen LogP contribution in [0.3, 0.4) is 0 Å². The molecule has 1 amide bonds. The second kappa shape index (κ2) is 6.98. The Bertz CT molecular complexity index is 1010. The van der Waals surface area contributed by atoms with E-state index >= 15 is 0 Å². The molecule has 144 valence electrons. The van der Waals surface area contributed by atoms with Crippen LogP contribution in [0.4, 0.5) is 18.9 Å². The van der Waals surface area contributed by atoms with E-state index in [2.05, 4.69) is 5.32 Å². The Balaban J connectivity index is 1.72. The van der Waals surface area contributed by atoms with Crippen LogP contribution in [0.5, 0.6) is 5.75 Å². The average molecular weight is 403 g/mol. The highest BCUT2D eigenvalue weighted by Gasteiger charge is 2.33. The molecule has 0 bridgehead atoms. The topological polar surface area (TPSA) is 38.3 Å². The van der Waals surface area contributed by atoms with Crippen molar-refractivity contribution in [2.45, 2.75) is 18.5 Å². The van der Waals surface area contributed by atoms with E-state index in [-0.39, 0.29) is 18.2 Å². The molecule has 1 aliphatic heterocycles. The first-order chi connectivity index (χ1) is 13.4. The minimum absolute atomic E-state index is 0.148. The average Bonchev–Trinajstić information content (AvgIpc) is 3.10. The van der Waals surface area contributed by atoms with Crippen molar-refractivity contribution in [2.24, 2.45) is 0 Å². The fraction of sp³-hybridized carbons (Fsp3) is 0.190. The molecule has 0 unspecified atom stereocenters. The molecule has 4 rings (SSSR count). The lowest BCUT2D eigenvalue weighted by atomic mass is 9.88. The zero-order valence-corrected chi connectivity index (χ0v) is 15.7. The number of anilines is 1. The molecule has 0 spiro atoms. The van der Waals surface area contributed by atoms with Crippen LogP contribution in [0.2, 0.25) is 0 Å². The highest BCUT2D eigenvalue weighted by atomic mass is 32.1. The highest BCUT2D eigenvalue weighted by molar-refractivity contribution is 7.11. The SMILES string of the molecule is COc1ccc(-c2csc3c2NC(=O)C[C@@H]3c2ccc(C(F)(F)F)cc2)cc1. The summed E-state index contributed by atoms with van der Waals surface area (Å²) >= 11 is 1.50. The van der Waals surface area contributed by atoms with E-state index in [0.29, 0.717) is 5.56 Å². The quantitative estimate of drug-likeness (QED) is 0.590. The van der Waals surface area contributed by atoms with Crippen molar-refractivity contribution < 1.29 is 22.7 Å². The van der Waals surface area contributed by atoms with Crippen LogP contribution in [-0.4, -0.2) is 13.0 Å². The molecule has 1 atom stereocenters. The maximum absolute atomic E-state index is 12.8. The van der Waals surface area contributed by atoms with Crippen LogP contribution < -0.4 is 10.1 Å². The Kier molecular flexibility index (Phi) is 4.63. The predicted octanol–water partition coefficient (Wildman–Crippen LogP) is 5.92. The normalized spacial score (nSPS) is 16.4. The molecule has 3 aromatic rings. The first-order valence-corrected chi connectivity index (χ1v) is 9.47. The third-order valence-corrected chi connectivity index (χ3v) is 5.93. The molecule has 1 aromatic heterocycles. The summed E-state index contributed by atoms with van der Waals surface area (Å²) in [5.41, 5.74) is 2.57. The molecule has 0 saturated heterocycles. The van der Waals surface area contributed by atoms with Crippen LogP contribution in [0.25, 0.3) is 11.1 Å². The van der Waals surface area contributed by atoms with Crippen LogP contribution in [0, 0.1) is 0 Å². The standard InChI is InChI=1S/C21H16F3NO2S/c1-27-15-8-4-13(5-9-15)17-11-28-20-16(10-18(26)25-19(17)20)12-2-6-14(7-3-12)21(22,23)24/h2-9,11,16H,10H2,1H3,(H,25,26)/t16-/m1/s1. The second-order valence-electron chi connectivity index (χ2n) is 6.54. The Hall–Kier alpha value is -2.80. The Morgan fingerprint density at radius 1 is 1.07 bits per heavy atom. The summed E-state index contributed by atoms with van der Waals surface area (Å²) in [5.74, 6) is 0.327. The van der Waals surface area contributed by atoms with Crippen molar-refractivity contribution in [3.8, 4) is 16.9 Å². The number of carbonyl (C=O) groups is 1. The molecule has 1 aliphatic rings. The van der Waals surface area contributed by atoms with Crippen LogP contribution in [0.15, 0.2) is 53.9 Å². The number of hydrogen-bond donors (Lipinski definition) is 1. The van der Waals surface area contributed by atoms with Gasteiger partial charge in [-0.25, -0.2) is 0 Å². The van der Waals surface area contributed by atoms with Gasteiger partial charge in [0.1, 0.15) is 5.75 Å². The number of alkyl halides is 3. The summed E-state index contributed by atoms with van der Waals surface area (Å²) in [6, 6.07) is 12.6. The van der Waals surface area contributed by atoms with Crippen molar-refractivity contribution in [2.75, 3.05) is 12.4 Å². The highest BCUT2D eigenvalue weighted by Crippen LogP contribution is 2.47. The third kappa shape index (κ3) is 3.38. The zero-order chi connectivity index (χ0) is 19.9.